The van der Waals surface area contributed by atoms with Gasteiger partial charge in [-0.1, -0.05) is 11.6 Å². The Morgan fingerprint density at radius 2 is 2.26 bits per heavy atom. The van der Waals surface area contributed by atoms with Crippen LogP contribution in [0.2, 0.25) is 5.02 Å². The van der Waals surface area contributed by atoms with Crippen LogP contribution in [0.1, 0.15) is 24.3 Å². The monoisotopic (exact) mass is 355 g/mol. The second kappa shape index (κ2) is 8.11. The number of hydrogen-bond acceptors (Lipinski definition) is 7. The van der Waals surface area contributed by atoms with Crippen LogP contribution in [-0.4, -0.2) is 31.6 Å². The highest BCUT2D eigenvalue weighted by Crippen LogP contribution is 2.34. The van der Waals surface area contributed by atoms with Gasteiger partial charge in [0.2, 0.25) is 0 Å². The van der Waals surface area contributed by atoms with Crippen LogP contribution < -0.4 is 10.6 Å². The van der Waals surface area contributed by atoms with E-state index in [1.54, 1.807) is 26.3 Å². The molecule has 1 rings (SSSR count). The number of nitrogens with one attached hydrogen (secondary N) is 2. The second-order valence-corrected chi connectivity index (χ2v) is 6.10. The van der Waals surface area contributed by atoms with Gasteiger partial charge in [0.25, 0.3) is 0 Å². The van der Waals surface area contributed by atoms with E-state index in [0.29, 0.717) is 16.2 Å². The molecule has 0 aliphatic rings. The third-order valence-corrected chi connectivity index (χ3v) is 4.82. The molecule has 0 unspecified atom stereocenters. The van der Waals surface area contributed by atoms with Crippen LogP contribution >= 0.6 is 22.9 Å². The van der Waals surface area contributed by atoms with Crippen LogP contribution in [0.15, 0.2) is 11.0 Å². The number of esters is 1. The number of nitrogens with zero attached hydrogens (tertiary/aromatic N) is 1. The van der Waals surface area contributed by atoms with E-state index in [2.05, 4.69) is 10.6 Å². The summed E-state index contributed by atoms with van der Waals surface area (Å²) in [7, 11) is 1.58. The van der Waals surface area contributed by atoms with E-state index >= 15 is 0 Å². The molecule has 124 valence electrons. The van der Waals surface area contributed by atoms with Gasteiger partial charge in [0, 0.05) is 0 Å². The molecule has 0 aromatic carbocycles. The number of likely N-dealkylation sites (N-methyl/N-ethyl adjacent to an activating group) is 1. The van der Waals surface area contributed by atoms with Crippen LogP contribution in [0.25, 0.3) is 5.70 Å². The molecule has 1 aromatic heterocycles. The first-order valence-corrected chi connectivity index (χ1v) is 8.08. The van der Waals surface area contributed by atoms with Crippen LogP contribution in [0.4, 0.5) is 0 Å². The van der Waals surface area contributed by atoms with Crippen LogP contribution in [0.3, 0.4) is 0 Å². The van der Waals surface area contributed by atoms with Gasteiger partial charge in [-0.25, -0.2) is 4.79 Å². The van der Waals surface area contributed by atoms with Gasteiger partial charge < -0.3 is 10.1 Å². The number of aryl methyl sites for hydroxylation is 1. The molecule has 0 saturated carbocycles. The minimum absolute atomic E-state index is 0.130. The topological polar surface area (TPSA) is 91.2 Å². The average Bonchev–Trinajstić information content (AvgIpc) is 2.86. The predicted octanol–water partition coefficient (Wildman–Crippen LogP) is 2.23. The van der Waals surface area contributed by atoms with E-state index in [1.807, 2.05) is 13.0 Å². The minimum Gasteiger partial charge on any atom is -0.462 e. The Hall–Kier alpha value is -1.88. The zero-order valence-corrected chi connectivity index (χ0v) is 14.9. The largest absolute Gasteiger partial charge is 0.462 e. The van der Waals surface area contributed by atoms with Gasteiger partial charge in [0.1, 0.15) is 11.7 Å². The number of carbonyl (C=O) groups excluding carboxylic acids is 2. The molecule has 0 fully saturated rings. The van der Waals surface area contributed by atoms with E-state index in [0.717, 1.165) is 5.56 Å². The number of nitriles is 1. The maximum Gasteiger partial charge on any atom is 0.351 e. The fraction of sp³-hybridized carbons (Fsp3) is 0.400. The molecule has 1 aromatic rings. The molecule has 6 nitrogen and oxygen atoms in total. The van der Waals surface area contributed by atoms with Crippen molar-refractivity contribution >= 4 is 40.9 Å². The summed E-state index contributed by atoms with van der Waals surface area (Å²) in [6.07, 6.45) is 0.640. The smallest absolute Gasteiger partial charge is 0.351 e. The van der Waals surface area contributed by atoms with Gasteiger partial charge in [-0.2, -0.15) is 5.26 Å². The standard InChI is InChI=1S/C15H18ClN3O3S/c1-5-22-14(21)10(6-17)12(19-15(3,8-20)18-4)13-11(16)9(2)7-23-13/h7-8,18-19H,5H2,1-4H3/b12-10-/t15-/m1/s1. The van der Waals surface area contributed by atoms with Crippen molar-refractivity contribution in [2.24, 2.45) is 0 Å². The van der Waals surface area contributed by atoms with Crippen LogP contribution in [-0.2, 0) is 14.3 Å². The highest BCUT2D eigenvalue weighted by atomic mass is 35.5. The first-order chi connectivity index (χ1) is 10.8. The van der Waals surface area contributed by atoms with Gasteiger partial charge in [-0.05, 0) is 38.8 Å². The highest BCUT2D eigenvalue weighted by Gasteiger charge is 2.29. The first kappa shape index (κ1) is 19.2. The number of aldehydes is 1. The predicted molar refractivity (Wildman–Crippen MR) is 89.9 cm³/mol. The van der Waals surface area contributed by atoms with Crippen molar-refractivity contribution in [3.63, 3.8) is 0 Å². The maximum absolute atomic E-state index is 12.1. The van der Waals surface area contributed by atoms with Crippen molar-refractivity contribution in [2.75, 3.05) is 13.7 Å². The van der Waals surface area contributed by atoms with Gasteiger partial charge in [-0.15, -0.1) is 11.3 Å². The summed E-state index contributed by atoms with van der Waals surface area (Å²) in [6.45, 7) is 5.17. The van der Waals surface area contributed by atoms with Gasteiger partial charge in [0.15, 0.2) is 11.9 Å². The Kier molecular flexibility index (Phi) is 6.76. The van der Waals surface area contributed by atoms with Crippen molar-refractivity contribution in [3.8, 4) is 6.07 Å². The van der Waals surface area contributed by atoms with E-state index < -0.39 is 11.6 Å². The van der Waals surface area contributed by atoms with Gasteiger partial charge in [-0.3, -0.25) is 10.1 Å². The van der Waals surface area contributed by atoms with Gasteiger partial charge >= 0.3 is 5.97 Å². The zero-order chi connectivity index (χ0) is 17.6. The molecule has 1 heterocycles. The summed E-state index contributed by atoms with van der Waals surface area (Å²) in [5.41, 5.74) is -0.438. The average molecular weight is 356 g/mol. The number of ether oxygens (including phenoxy) is 1. The zero-order valence-electron chi connectivity index (χ0n) is 13.3. The Bertz CT molecular complexity index is 678. The first-order valence-electron chi connectivity index (χ1n) is 6.82. The molecule has 2 N–H and O–H groups in total. The number of hydrogen-bond donors (Lipinski definition) is 2. The van der Waals surface area contributed by atoms with Crippen molar-refractivity contribution < 1.29 is 14.3 Å². The summed E-state index contributed by atoms with van der Waals surface area (Å²) < 4.78 is 4.92. The number of carbonyl (C=O) groups is 2. The molecule has 0 saturated heterocycles. The van der Waals surface area contributed by atoms with E-state index in [9.17, 15) is 14.9 Å². The molecule has 0 radical (unpaired) electrons. The lowest BCUT2D eigenvalue weighted by Gasteiger charge is -2.27. The third-order valence-electron chi connectivity index (χ3n) is 3.11. The molecule has 23 heavy (non-hydrogen) atoms. The van der Waals surface area contributed by atoms with Crippen molar-refractivity contribution in [2.45, 2.75) is 26.4 Å². The Morgan fingerprint density at radius 1 is 1.61 bits per heavy atom. The minimum atomic E-state index is -1.18. The number of rotatable bonds is 7. The maximum atomic E-state index is 12.1. The molecule has 0 amide bonds. The quantitative estimate of drug-likeness (QED) is 0.256. The van der Waals surface area contributed by atoms with Crippen molar-refractivity contribution in [1.29, 1.82) is 5.26 Å². The Morgan fingerprint density at radius 3 is 2.65 bits per heavy atom. The fourth-order valence-corrected chi connectivity index (χ4v) is 2.94. The number of thiophene rings is 1. The summed E-state index contributed by atoms with van der Waals surface area (Å²) in [5, 5.41) is 17.3. The second-order valence-electron chi connectivity index (χ2n) is 4.84. The van der Waals surface area contributed by atoms with Gasteiger partial charge in [0.05, 0.1) is 22.2 Å². The summed E-state index contributed by atoms with van der Waals surface area (Å²) >= 11 is 7.54. The Labute approximate surface area is 144 Å². The van der Waals surface area contributed by atoms with Crippen molar-refractivity contribution in [1.82, 2.24) is 10.6 Å². The molecule has 0 aliphatic heterocycles. The summed E-state index contributed by atoms with van der Waals surface area (Å²) in [5.74, 6) is -0.774. The van der Waals surface area contributed by atoms with Crippen LogP contribution in [0, 0.1) is 18.3 Å². The highest BCUT2D eigenvalue weighted by molar-refractivity contribution is 7.12. The molecule has 0 bridgehead atoms. The van der Waals surface area contributed by atoms with E-state index in [-0.39, 0.29) is 17.9 Å². The van der Waals surface area contributed by atoms with E-state index in [1.165, 1.54) is 11.3 Å². The molecule has 0 spiro atoms. The fourth-order valence-electron chi connectivity index (χ4n) is 1.65. The summed E-state index contributed by atoms with van der Waals surface area (Å²) in [6, 6.07) is 1.84. The molecular formula is C15H18ClN3O3S. The molecule has 1 atom stereocenters. The lowest BCUT2D eigenvalue weighted by molar-refractivity contribution is -0.138. The summed E-state index contributed by atoms with van der Waals surface area (Å²) in [4.78, 5) is 23.9. The third kappa shape index (κ3) is 4.32. The molecule has 0 aliphatic carbocycles. The van der Waals surface area contributed by atoms with E-state index in [4.69, 9.17) is 16.3 Å². The Balaban J connectivity index is 3.54. The van der Waals surface area contributed by atoms with Crippen LogP contribution in [0.5, 0.6) is 0 Å². The molecular weight excluding hydrogens is 338 g/mol. The normalized spacial score (nSPS) is 14.3. The SMILES string of the molecule is CCOC(=O)/C(C#N)=C(\N[C@](C)(C=O)NC)c1scc(C)c1Cl. The lowest BCUT2D eigenvalue weighted by Crippen LogP contribution is -2.53. The number of halogens is 1. The lowest BCUT2D eigenvalue weighted by atomic mass is 10.1. The van der Waals surface area contributed by atoms with Crippen molar-refractivity contribution in [3.05, 3.63) is 26.4 Å². The molecule has 8 heteroatoms.